The highest BCUT2D eigenvalue weighted by Crippen LogP contribution is 2.63. The van der Waals surface area contributed by atoms with Gasteiger partial charge in [-0.2, -0.15) is 0 Å². The van der Waals surface area contributed by atoms with Crippen molar-refractivity contribution in [3.63, 3.8) is 0 Å². The Balaban J connectivity index is 1.74. The van der Waals surface area contributed by atoms with E-state index in [2.05, 4.69) is 13.2 Å². The number of likely N-dealkylation sites (tertiary alicyclic amines) is 1. The molecular weight excluding hydrogens is 532 g/mol. The molecule has 0 saturated carbocycles. The summed E-state index contributed by atoms with van der Waals surface area (Å²) in [6.45, 7) is 12.1. The molecule has 0 radical (unpaired) electrons. The lowest BCUT2D eigenvalue weighted by Crippen LogP contribution is -2.56. The van der Waals surface area contributed by atoms with Gasteiger partial charge in [-0.1, -0.05) is 48.7 Å². The average Bonchev–Trinajstić information content (AvgIpc) is 3.48. The second kappa shape index (κ2) is 12.5. The van der Waals surface area contributed by atoms with Crippen LogP contribution in [0.4, 0.5) is 5.69 Å². The van der Waals surface area contributed by atoms with E-state index in [1.54, 1.807) is 28.0 Å². The minimum atomic E-state index is -1.15. The fraction of sp³-hybridized carbons (Fsp3) is 0.581. The maximum Gasteiger partial charge on any atom is 0.312 e. The molecule has 4 rings (SSSR count). The maximum atomic E-state index is 14.6. The van der Waals surface area contributed by atoms with Crippen LogP contribution in [-0.2, 0) is 23.9 Å². The van der Waals surface area contributed by atoms with Gasteiger partial charge >= 0.3 is 5.97 Å². The largest absolute Gasteiger partial charge is 0.465 e. The Labute approximate surface area is 241 Å². The van der Waals surface area contributed by atoms with Crippen LogP contribution < -0.4 is 4.90 Å². The van der Waals surface area contributed by atoms with Gasteiger partial charge in [-0.05, 0) is 57.6 Å². The zero-order valence-corrected chi connectivity index (χ0v) is 24.3. The molecule has 3 heterocycles. The molecule has 9 heteroatoms. The number of esters is 1. The van der Waals surface area contributed by atoms with E-state index in [-0.39, 0.29) is 31.6 Å². The van der Waals surface area contributed by atoms with Crippen molar-refractivity contribution >= 4 is 35.1 Å². The fourth-order valence-corrected chi connectivity index (χ4v) is 7.24. The summed E-state index contributed by atoms with van der Waals surface area (Å²) in [4.78, 5) is 45.5. The molecule has 1 aromatic rings. The van der Waals surface area contributed by atoms with Gasteiger partial charge in [0, 0.05) is 19.7 Å². The number of amides is 2. The van der Waals surface area contributed by atoms with Gasteiger partial charge in [-0.3, -0.25) is 14.4 Å². The number of ether oxygens (including phenoxy) is 2. The second-order valence-electron chi connectivity index (χ2n) is 11.3. The number of nitrogens with zero attached hydrogens (tertiary/aromatic N) is 2. The third-order valence-electron chi connectivity index (χ3n) is 8.67. The van der Waals surface area contributed by atoms with E-state index < -0.39 is 35.0 Å². The lowest BCUT2D eigenvalue weighted by molar-refractivity contribution is -0.159. The first-order chi connectivity index (χ1) is 19.2. The van der Waals surface area contributed by atoms with E-state index in [0.717, 1.165) is 18.4 Å². The number of anilines is 1. The lowest BCUT2D eigenvalue weighted by atomic mass is 9.66. The highest BCUT2D eigenvalue weighted by molar-refractivity contribution is 6.34. The quantitative estimate of drug-likeness (QED) is 0.199. The van der Waals surface area contributed by atoms with Crippen molar-refractivity contribution in [1.29, 1.82) is 0 Å². The van der Waals surface area contributed by atoms with Crippen LogP contribution in [0.5, 0.6) is 0 Å². The zero-order chi connectivity index (χ0) is 29.1. The smallest absolute Gasteiger partial charge is 0.312 e. The molecule has 218 valence electrons. The maximum absolute atomic E-state index is 14.6. The van der Waals surface area contributed by atoms with Crippen LogP contribution in [0.2, 0.25) is 5.02 Å². The minimum Gasteiger partial charge on any atom is -0.465 e. The molecule has 3 aliphatic rings. The number of aryl methyl sites for hydroxylation is 1. The molecule has 1 aromatic carbocycles. The van der Waals surface area contributed by atoms with Crippen LogP contribution in [0.1, 0.15) is 57.4 Å². The van der Waals surface area contributed by atoms with E-state index in [4.69, 9.17) is 26.2 Å². The Kier molecular flexibility index (Phi) is 9.43. The summed E-state index contributed by atoms with van der Waals surface area (Å²) in [6.07, 6.45) is 7.81. The Morgan fingerprint density at radius 3 is 2.65 bits per heavy atom. The Morgan fingerprint density at radius 1 is 1.23 bits per heavy atom. The summed E-state index contributed by atoms with van der Waals surface area (Å²) in [5.41, 5.74) is -0.654. The van der Waals surface area contributed by atoms with Gasteiger partial charge in [-0.15, -0.1) is 13.2 Å². The molecule has 3 fully saturated rings. The first-order valence-corrected chi connectivity index (χ1v) is 14.6. The molecule has 1 spiro atoms. The van der Waals surface area contributed by atoms with Gasteiger partial charge in [0.25, 0.3) is 5.91 Å². The molecule has 0 aliphatic carbocycles. The highest BCUT2D eigenvalue weighted by Gasteiger charge is 2.78. The molecular formula is C31H41ClN2O6. The molecule has 1 N–H and O–H groups in total. The molecule has 5 atom stereocenters. The van der Waals surface area contributed by atoms with Crippen molar-refractivity contribution in [2.24, 2.45) is 11.8 Å². The van der Waals surface area contributed by atoms with Gasteiger partial charge in [0.15, 0.2) is 0 Å². The van der Waals surface area contributed by atoms with Crippen molar-refractivity contribution in [2.75, 3.05) is 31.2 Å². The van der Waals surface area contributed by atoms with E-state index in [1.165, 1.54) is 0 Å². The molecule has 40 heavy (non-hydrogen) atoms. The number of hydrogen-bond donors (Lipinski definition) is 1. The van der Waals surface area contributed by atoms with Crippen LogP contribution in [0.25, 0.3) is 0 Å². The van der Waals surface area contributed by atoms with Gasteiger partial charge < -0.3 is 24.4 Å². The summed E-state index contributed by atoms with van der Waals surface area (Å²) in [5.74, 6) is -2.63. The van der Waals surface area contributed by atoms with E-state index in [1.807, 2.05) is 26.0 Å². The molecule has 2 unspecified atom stereocenters. The topological polar surface area (TPSA) is 96.4 Å². The summed E-state index contributed by atoms with van der Waals surface area (Å²) in [7, 11) is 0. The SMILES string of the molecule is C=CCCOC(=O)[C@H]1[C@H]2C(=O)N(CCCCCCO)C(C(=O)N(CC=C)c3c(C)cccc3Cl)C23CC[C@]1(C)O3. The third-order valence-corrected chi connectivity index (χ3v) is 8.98. The number of fused-ring (bicyclic) bond motifs is 1. The minimum absolute atomic E-state index is 0.116. The zero-order valence-electron chi connectivity index (χ0n) is 23.6. The van der Waals surface area contributed by atoms with Crippen LogP contribution in [-0.4, -0.2) is 71.3 Å². The number of halogens is 1. The first-order valence-electron chi connectivity index (χ1n) is 14.2. The number of hydrogen-bond acceptors (Lipinski definition) is 6. The number of unbranched alkanes of at least 4 members (excludes halogenated alkanes) is 3. The van der Waals surface area contributed by atoms with Crippen molar-refractivity contribution in [3.05, 3.63) is 54.1 Å². The van der Waals surface area contributed by atoms with E-state index in [0.29, 0.717) is 49.4 Å². The predicted octanol–water partition coefficient (Wildman–Crippen LogP) is 4.60. The van der Waals surface area contributed by atoms with Crippen molar-refractivity contribution < 1.29 is 29.0 Å². The van der Waals surface area contributed by atoms with Gasteiger partial charge in [0.1, 0.15) is 17.6 Å². The van der Waals surface area contributed by atoms with Crippen molar-refractivity contribution in [2.45, 2.75) is 76.0 Å². The van der Waals surface area contributed by atoms with E-state index in [9.17, 15) is 14.4 Å². The predicted molar refractivity (Wildman–Crippen MR) is 154 cm³/mol. The summed E-state index contributed by atoms with van der Waals surface area (Å²) < 4.78 is 12.3. The van der Waals surface area contributed by atoms with Crippen LogP contribution in [0.15, 0.2) is 43.5 Å². The van der Waals surface area contributed by atoms with Crippen LogP contribution in [0.3, 0.4) is 0 Å². The summed E-state index contributed by atoms with van der Waals surface area (Å²) in [5, 5.41) is 9.59. The number of benzene rings is 1. The Hall–Kier alpha value is -2.68. The summed E-state index contributed by atoms with van der Waals surface area (Å²) in [6, 6.07) is 4.53. The third kappa shape index (κ3) is 5.21. The van der Waals surface area contributed by atoms with E-state index >= 15 is 0 Å². The Morgan fingerprint density at radius 2 is 1.98 bits per heavy atom. The molecule has 0 aromatic heterocycles. The number of para-hydroxylation sites is 1. The van der Waals surface area contributed by atoms with Crippen molar-refractivity contribution in [1.82, 2.24) is 4.90 Å². The standard InChI is InChI=1S/C31H41ClN2O6/c1-5-7-20-39-29(38)24-23-27(36)34(18-10-8-9-11-19-35)26(31(23)16-15-30(24,4)40-31)28(37)33(17-6-2)25-21(3)13-12-14-22(25)32/h5-6,12-14,23-24,26,35H,1-2,7-11,15-20H2,3-4H3/t23-,24+,26?,30-,31?/m0/s1. The number of carbonyl (C=O) groups is 3. The molecule has 8 nitrogen and oxygen atoms in total. The normalized spacial score (nSPS) is 28.4. The molecule has 2 bridgehead atoms. The Bertz CT molecular complexity index is 1140. The number of carbonyl (C=O) groups excluding carboxylic acids is 3. The molecule has 3 saturated heterocycles. The second-order valence-corrected chi connectivity index (χ2v) is 11.7. The van der Waals surface area contributed by atoms with Crippen LogP contribution >= 0.6 is 11.6 Å². The first kappa shape index (κ1) is 30.3. The molecule has 2 amide bonds. The number of rotatable bonds is 14. The fourth-order valence-electron chi connectivity index (χ4n) is 6.92. The van der Waals surface area contributed by atoms with Gasteiger partial charge in [-0.25, -0.2) is 0 Å². The summed E-state index contributed by atoms with van der Waals surface area (Å²) >= 11 is 6.61. The number of aliphatic hydroxyl groups excluding tert-OH is 1. The van der Waals surface area contributed by atoms with Gasteiger partial charge in [0.2, 0.25) is 5.91 Å². The van der Waals surface area contributed by atoms with Gasteiger partial charge in [0.05, 0.1) is 28.8 Å². The number of aliphatic hydroxyl groups is 1. The lowest BCUT2D eigenvalue weighted by Gasteiger charge is -2.37. The average molecular weight is 573 g/mol. The van der Waals surface area contributed by atoms with Crippen molar-refractivity contribution in [3.8, 4) is 0 Å². The monoisotopic (exact) mass is 572 g/mol. The van der Waals surface area contributed by atoms with Crippen LogP contribution in [0, 0.1) is 18.8 Å². The molecule has 3 aliphatic heterocycles. The highest BCUT2D eigenvalue weighted by atomic mass is 35.5.